The van der Waals surface area contributed by atoms with Crippen LogP contribution in [0.15, 0.2) is 43.0 Å². The van der Waals surface area contributed by atoms with E-state index >= 15 is 0 Å². The molecule has 2 aromatic rings. The molecule has 24 heavy (non-hydrogen) atoms. The molecule has 0 aliphatic carbocycles. The Labute approximate surface area is 139 Å². The number of amides is 1. The minimum absolute atomic E-state index is 0.00919. The van der Waals surface area contributed by atoms with E-state index in [-0.39, 0.29) is 24.2 Å². The molecule has 4 rings (SSSR count). The van der Waals surface area contributed by atoms with Crippen molar-refractivity contribution in [1.82, 2.24) is 19.9 Å². The van der Waals surface area contributed by atoms with Crippen molar-refractivity contribution in [2.24, 2.45) is 0 Å². The lowest BCUT2D eigenvalue weighted by atomic mass is 9.95. The number of carbonyl (C=O) groups is 1. The topological polar surface area (TPSA) is 77.4 Å². The van der Waals surface area contributed by atoms with Gasteiger partial charge in [0.15, 0.2) is 0 Å². The smallest absolute Gasteiger partial charge is 0.272 e. The van der Waals surface area contributed by atoms with Gasteiger partial charge in [-0.3, -0.25) is 4.79 Å². The number of nitrogens with zero attached hydrogens (tertiary/aromatic N) is 4. The Morgan fingerprint density at radius 2 is 2.17 bits per heavy atom. The summed E-state index contributed by atoms with van der Waals surface area (Å²) in [5.41, 5.74) is 0.416. The maximum Gasteiger partial charge on any atom is 0.272 e. The molecule has 2 aliphatic heterocycles. The molecular formula is C17H18N4O3. The van der Waals surface area contributed by atoms with E-state index in [1.54, 1.807) is 18.5 Å². The van der Waals surface area contributed by atoms with Gasteiger partial charge >= 0.3 is 0 Å². The quantitative estimate of drug-likeness (QED) is 0.847. The van der Waals surface area contributed by atoms with Crippen molar-refractivity contribution >= 4 is 5.91 Å². The van der Waals surface area contributed by atoms with E-state index in [1.807, 2.05) is 23.1 Å². The van der Waals surface area contributed by atoms with Crippen molar-refractivity contribution in [1.29, 1.82) is 0 Å². The Balaban J connectivity index is 1.50. The van der Waals surface area contributed by atoms with Gasteiger partial charge in [0.2, 0.25) is 5.88 Å². The summed E-state index contributed by atoms with van der Waals surface area (Å²) in [4.78, 5) is 26.7. The number of ether oxygens (including phenoxy) is 2. The van der Waals surface area contributed by atoms with Gasteiger partial charge in [-0.25, -0.2) is 15.0 Å². The molecule has 0 spiro atoms. The first kappa shape index (κ1) is 15.0. The molecule has 2 saturated heterocycles. The Morgan fingerprint density at radius 1 is 1.21 bits per heavy atom. The highest BCUT2D eigenvalue weighted by atomic mass is 16.5. The molecule has 1 amide bonds. The second kappa shape index (κ2) is 6.52. The van der Waals surface area contributed by atoms with Crippen LogP contribution in [0.3, 0.4) is 0 Å². The highest BCUT2D eigenvalue weighted by Crippen LogP contribution is 2.31. The summed E-state index contributed by atoms with van der Waals surface area (Å²) in [5.74, 6) is 0.515. The maximum absolute atomic E-state index is 12.7. The second-order valence-electron chi connectivity index (χ2n) is 5.90. The van der Waals surface area contributed by atoms with E-state index in [0.717, 1.165) is 6.42 Å². The zero-order valence-corrected chi connectivity index (χ0v) is 13.1. The first-order valence-electron chi connectivity index (χ1n) is 8.09. The lowest BCUT2D eigenvalue weighted by Gasteiger charge is -2.40. The first-order valence-corrected chi connectivity index (χ1v) is 8.09. The van der Waals surface area contributed by atoms with Crippen LogP contribution in [0.1, 0.15) is 23.3 Å². The first-order chi connectivity index (χ1) is 11.8. The number of aromatic nitrogens is 3. The highest BCUT2D eigenvalue weighted by Gasteiger charge is 2.45. The molecule has 2 fully saturated rings. The average molecular weight is 326 g/mol. The van der Waals surface area contributed by atoms with Crippen LogP contribution < -0.4 is 4.74 Å². The van der Waals surface area contributed by atoms with Gasteiger partial charge in [0.05, 0.1) is 6.04 Å². The normalized spacial score (nSPS) is 26.0. The lowest BCUT2D eigenvalue weighted by Crippen LogP contribution is -2.56. The zero-order chi connectivity index (χ0) is 16.4. The molecule has 3 atom stereocenters. The number of pyridine rings is 1. The number of likely N-dealkylation sites (tertiary alicyclic amines) is 1. The van der Waals surface area contributed by atoms with Crippen LogP contribution in [0, 0.1) is 0 Å². The summed E-state index contributed by atoms with van der Waals surface area (Å²) in [6.07, 6.45) is 5.97. The minimum atomic E-state index is -0.133. The lowest BCUT2D eigenvalue weighted by molar-refractivity contribution is -0.0477. The van der Waals surface area contributed by atoms with Crippen LogP contribution >= 0.6 is 0 Å². The van der Waals surface area contributed by atoms with Crippen molar-refractivity contribution in [3.63, 3.8) is 0 Å². The van der Waals surface area contributed by atoms with Gasteiger partial charge in [0.25, 0.3) is 5.91 Å². The van der Waals surface area contributed by atoms with E-state index in [4.69, 9.17) is 9.47 Å². The fourth-order valence-electron chi connectivity index (χ4n) is 3.40. The Morgan fingerprint density at radius 3 is 2.96 bits per heavy atom. The van der Waals surface area contributed by atoms with Crippen LogP contribution in [0.5, 0.6) is 5.88 Å². The third kappa shape index (κ3) is 2.82. The molecule has 0 saturated carbocycles. The monoisotopic (exact) mass is 326 g/mol. The van der Waals surface area contributed by atoms with Gasteiger partial charge in [-0.1, -0.05) is 6.07 Å². The van der Waals surface area contributed by atoms with E-state index in [1.165, 1.54) is 6.33 Å². The molecule has 4 heterocycles. The standard InChI is InChI=1S/C17H18N4O3/c22-17(12-4-8-18-11-20-12)21-9-5-14(16-13(21)6-10-23-16)24-15-3-1-2-7-19-15/h1-4,7-8,11,13-14,16H,5-6,9-10H2/t13-,14+,16-/m0/s1. The van der Waals surface area contributed by atoms with Gasteiger partial charge in [-0.15, -0.1) is 0 Å². The van der Waals surface area contributed by atoms with Gasteiger partial charge in [0.1, 0.15) is 24.2 Å². The Bertz CT molecular complexity index is 697. The molecule has 7 heteroatoms. The van der Waals surface area contributed by atoms with Gasteiger partial charge in [-0.05, 0) is 18.6 Å². The average Bonchev–Trinajstić information content (AvgIpc) is 3.13. The minimum Gasteiger partial charge on any atom is -0.471 e. The van der Waals surface area contributed by atoms with Crippen LogP contribution in [0.4, 0.5) is 0 Å². The maximum atomic E-state index is 12.7. The molecule has 2 aromatic heterocycles. The van der Waals surface area contributed by atoms with E-state index < -0.39 is 0 Å². The predicted molar refractivity (Wildman–Crippen MR) is 84.5 cm³/mol. The molecule has 0 radical (unpaired) electrons. The van der Waals surface area contributed by atoms with Gasteiger partial charge in [-0.2, -0.15) is 0 Å². The summed E-state index contributed by atoms with van der Waals surface area (Å²) in [6, 6.07) is 7.23. The third-order valence-corrected chi connectivity index (χ3v) is 4.50. The van der Waals surface area contributed by atoms with Crippen molar-refractivity contribution in [2.75, 3.05) is 13.2 Å². The Kier molecular flexibility index (Phi) is 4.08. The fourth-order valence-corrected chi connectivity index (χ4v) is 3.40. The number of piperidine rings is 1. The fraction of sp³-hybridized carbons (Fsp3) is 0.412. The van der Waals surface area contributed by atoms with Gasteiger partial charge < -0.3 is 14.4 Å². The van der Waals surface area contributed by atoms with E-state index in [0.29, 0.717) is 31.1 Å². The number of carbonyl (C=O) groups excluding carboxylic acids is 1. The predicted octanol–water partition coefficient (Wildman–Crippen LogP) is 1.32. The highest BCUT2D eigenvalue weighted by molar-refractivity contribution is 5.92. The molecule has 7 nitrogen and oxygen atoms in total. The molecule has 0 bridgehead atoms. The summed E-state index contributed by atoms with van der Waals surface area (Å²) < 4.78 is 11.9. The molecule has 124 valence electrons. The number of rotatable bonds is 3. The molecular weight excluding hydrogens is 308 g/mol. The SMILES string of the molecule is O=C(c1ccncn1)N1CC[C@@H](Oc2ccccn2)[C@H]2OCC[C@@H]21. The molecule has 0 unspecified atom stereocenters. The van der Waals surface area contributed by atoms with Crippen molar-refractivity contribution in [3.05, 3.63) is 48.7 Å². The second-order valence-corrected chi connectivity index (χ2v) is 5.90. The summed E-state index contributed by atoms with van der Waals surface area (Å²) in [7, 11) is 0. The summed E-state index contributed by atoms with van der Waals surface area (Å²) in [6.45, 7) is 1.25. The van der Waals surface area contributed by atoms with Crippen molar-refractivity contribution in [2.45, 2.75) is 31.1 Å². The van der Waals surface area contributed by atoms with Crippen LogP contribution in [0.25, 0.3) is 0 Å². The van der Waals surface area contributed by atoms with Crippen molar-refractivity contribution in [3.8, 4) is 5.88 Å². The van der Waals surface area contributed by atoms with Gasteiger partial charge in [0, 0.05) is 38.0 Å². The number of hydrogen-bond acceptors (Lipinski definition) is 6. The van der Waals surface area contributed by atoms with Crippen LogP contribution in [-0.2, 0) is 4.74 Å². The number of hydrogen-bond donors (Lipinski definition) is 0. The Hall–Kier alpha value is -2.54. The summed E-state index contributed by atoms with van der Waals surface area (Å²) >= 11 is 0. The van der Waals surface area contributed by atoms with Crippen LogP contribution in [0.2, 0.25) is 0 Å². The summed E-state index contributed by atoms with van der Waals surface area (Å²) in [5, 5.41) is 0. The molecule has 2 aliphatic rings. The van der Waals surface area contributed by atoms with E-state index in [9.17, 15) is 4.79 Å². The van der Waals surface area contributed by atoms with Crippen LogP contribution in [-0.4, -0.2) is 57.2 Å². The number of fused-ring (bicyclic) bond motifs is 1. The molecule has 0 aromatic carbocycles. The van der Waals surface area contributed by atoms with E-state index in [2.05, 4.69) is 15.0 Å². The van der Waals surface area contributed by atoms with Crippen molar-refractivity contribution < 1.29 is 14.3 Å². The zero-order valence-electron chi connectivity index (χ0n) is 13.1. The molecule has 0 N–H and O–H groups in total. The third-order valence-electron chi connectivity index (χ3n) is 4.50. The largest absolute Gasteiger partial charge is 0.471 e.